The van der Waals surface area contributed by atoms with Crippen molar-refractivity contribution in [3.8, 4) is 17.0 Å². The molecule has 0 atom stereocenters. The molecule has 0 unspecified atom stereocenters. The molecule has 0 spiro atoms. The number of thiazole rings is 1. The van der Waals surface area contributed by atoms with Gasteiger partial charge in [-0.05, 0) is 61.4 Å². The van der Waals surface area contributed by atoms with Gasteiger partial charge in [-0.1, -0.05) is 11.3 Å². The first kappa shape index (κ1) is 17.2. The van der Waals surface area contributed by atoms with E-state index in [2.05, 4.69) is 20.5 Å². The van der Waals surface area contributed by atoms with E-state index in [1.54, 1.807) is 18.2 Å². The molecule has 2 heterocycles. The molecule has 0 aliphatic carbocycles. The number of carbonyl (C=O) groups is 1. The molecule has 4 aromatic rings. The molecule has 0 saturated heterocycles. The molecule has 2 aromatic carbocycles. The standard InChI is InChI=1S/C19H15FN4O2S/c1-9-5-12(16(25)6-10(9)2)14-8-15(24-23-14)18(26)22-19-21-13-4-3-11(20)7-17(13)27-19/h3-8,25H,1-2H3,(H,23,24)(H,21,22,26). The van der Waals surface area contributed by atoms with Gasteiger partial charge < -0.3 is 5.11 Å². The Bertz CT molecular complexity index is 1180. The van der Waals surface area contributed by atoms with Gasteiger partial charge in [0, 0.05) is 5.56 Å². The van der Waals surface area contributed by atoms with Crippen molar-refractivity contribution in [2.75, 3.05) is 5.32 Å². The molecule has 136 valence electrons. The highest BCUT2D eigenvalue weighted by Gasteiger charge is 2.16. The highest BCUT2D eigenvalue weighted by molar-refractivity contribution is 7.22. The SMILES string of the molecule is Cc1cc(O)c(-c2cc(C(=O)Nc3nc4ccc(F)cc4s3)[nH]n2)cc1C. The molecule has 0 radical (unpaired) electrons. The lowest BCUT2D eigenvalue weighted by Crippen LogP contribution is -2.11. The number of benzene rings is 2. The van der Waals surface area contributed by atoms with E-state index in [0.717, 1.165) is 11.1 Å². The maximum absolute atomic E-state index is 13.3. The van der Waals surface area contributed by atoms with Gasteiger partial charge in [0.1, 0.15) is 17.3 Å². The molecule has 0 bridgehead atoms. The van der Waals surface area contributed by atoms with Gasteiger partial charge in [0.2, 0.25) is 0 Å². The van der Waals surface area contributed by atoms with E-state index in [0.29, 0.717) is 26.6 Å². The van der Waals surface area contributed by atoms with Crippen molar-refractivity contribution in [2.24, 2.45) is 0 Å². The van der Waals surface area contributed by atoms with Crippen molar-refractivity contribution in [3.63, 3.8) is 0 Å². The van der Waals surface area contributed by atoms with Crippen molar-refractivity contribution >= 4 is 32.6 Å². The second kappa shape index (κ2) is 6.48. The third-order valence-electron chi connectivity index (χ3n) is 4.28. The van der Waals surface area contributed by atoms with E-state index < -0.39 is 5.91 Å². The second-order valence-electron chi connectivity index (χ2n) is 6.21. The number of nitrogens with zero attached hydrogens (tertiary/aromatic N) is 2. The Hall–Kier alpha value is -3.26. The summed E-state index contributed by atoms with van der Waals surface area (Å²) in [6.07, 6.45) is 0. The number of aromatic nitrogens is 3. The minimum absolute atomic E-state index is 0.102. The first-order chi connectivity index (χ1) is 12.9. The Balaban J connectivity index is 1.59. The van der Waals surface area contributed by atoms with Gasteiger partial charge in [0.15, 0.2) is 5.13 Å². The van der Waals surface area contributed by atoms with Gasteiger partial charge in [-0.15, -0.1) is 0 Å². The average molecular weight is 382 g/mol. The predicted octanol–water partition coefficient (Wildman–Crippen LogP) is 4.40. The highest BCUT2D eigenvalue weighted by atomic mass is 32.1. The zero-order valence-electron chi connectivity index (χ0n) is 14.5. The molecule has 4 rings (SSSR count). The van der Waals surface area contributed by atoms with Crippen LogP contribution in [0.15, 0.2) is 36.4 Å². The monoisotopic (exact) mass is 382 g/mol. The maximum atomic E-state index is 13.3. The summed E-state index contributed by atoms with van der Waals surface area (Å²) in [7, 11) is 0. The number of hydrogen-bond acceptors (Lipinski definition) is 5. The summed E-state index contributed by atoms with van der Waals surface area (Å²) in [6.45, 7) is 3.85. The Labute approximate surface area is 157 Å². The summed E-state index contributed by atoms with van der Waals surface area (Å²) < 4.78 is 13.9. The summed E-state index contributed by atoms with van der Waals surface area (Å²) in [4.78, 5) is 16.7. The fourth-order valence-electron chi connectivity index (χ4n) is 2.70. The number of fused-ring (bicyclic) bond motifs is 1. The fraction of sp³-hybridized carbons (Fsp3) is 0.105. The molecule has 27 heavy (non-hydrogen) atoms. The van der Waals surface area contributed by atoms with Gasteiger partial charge in [-0.25, -0.2) is 9.37 Å². The number of amides is 1. The van der Waals surface area contributed by atoms with E-state index in [1.807, 2.05) is 19.9 Å². The topological polar surface area (TPSA) is 90.9 Å². The van der Waals surface area contributed by atoms with Crippen molar-refractivity contribution < 1.29 is 14.3 Å². The van der Waals surface area contributed by atoms with Crippen molar-refractivity contribution in [2.45, 2.75) is 13.8 Å². The summed E-state index contributed by atoms with van der Waals surface area (Å²) in [5, 5.41) is 20.0. The van der Waals surface area contributed by atoms with Gasteiger partial charge in [0.05, 0.1) is 15.9 Å². The molecule has 1 amide bonds. The number of phenolic OH excluding ortho intramolecular Hbond substituents is 1. The van der Waals surface area contributed by atoms with E-state index in [4.69, 9.17) is 0 Å². The fourth-order valence-corrected chi connectivity index (χ4v) is 3.58. The number of aryl methyl sites for hydroxylation is 2. The molecular formula is C19H15FN4O2S. The van der Waals surface area contributed by atoms with Gasteiger partial charge in [-0.3, -0.25) is 15.2 Å². The van der Waals surface area contributed by atoms with Crippen LogP contribution in [-0.4, -0.2) is 26.2 Å². The number of H-pyrrole nitrogens is 1. The second-order valence-corrected chi connectivity index (χ2v) is 7.24. The molecule has 0 fully saturated rings. The van der Waals surface area contributed by atoms with Crippen LogP contribution in [0.25, 0.3) is 21.5 Å². The van der Waals surface area contributed by atoms with E-state index in [9.17, 15) is 14.3 Å². The third-order valence-corrected chi connectivity index (χ3v) is 5.22. The van der Waals surface area contributed by atoms with Crippen LogP contribution in [0.1, 0.15) is 21.6 Å². The van der Waals surface area contributed by atoms with Crippen LogP contribution in [0.4, 0.5) is 9.52 Å². The van der Waals surface area contributed by atoms with Crippen LogP contribution in [0.5, 0.6) is 5.75 Å². The van der Waals surface area contributed by atoms with E-state index in [-0.39, 0.29) is 17.3 Å². The van der Waals surface area contributed by atoms with Crippen LogP contribution >= 0.6 is 11.3 Å². The average Bonchev–Trinajstić information content (AvgIpc) is 3.24. The zero-order chi connectivity index (χ0) is 19.1. The molecule has 0 aliphatic rings. The maximum Gasteiger partial charge on any atom is 0.275 e. The highest BCUT2D eigenvalue weighted by Crippen LogP contribution is 2.31. The van der Waals surface area contributed by atoms with Crippen LogP contribution in [0.3, 0.4) is 0 Å². The van der Waals surface area contributed by atoms with Crippen molar-refractivity contribution in [1.82, 2.24) is 15.2 Å². The lowest BCUT2D eigenvalue weighted by molar-refractivity contribution is 0.102. The van der Waals surface area contributed by atoms with Crippen molar-refractivity contribution in [1.29, 1.82) is 0 Å². The number of hydrogen-bond donors (Lipinski definition) is 3. The summed E-state index contributed by atoms with van der Waals surface area (Å²) in [6, 6.07) is 9.31. The van der Waals surface area contributed by atoms with Crippen LogP contribution < -0.4 is 5.32 Å². The number of anilines is 1. The Morgan fingerprint density at radius 2 is 1.96 bits per heavy atom. The molecular weight excluding hydrogens is 367 g/mol. The first-order valence-electron chi connectivity index (χ1n) is 8.14. The van der Waals surface area contributed by atoms with E-state index >= 15 is 0 Å². The quantitative estimate of drug-likeness (QED) is 0.490. The lowest BCUT2D eigenvalue weighted by Gasteiger charge is -2.05. The largest absolute Gasteiger partial charge is 0.507 e. The van der Waals surface area contributed by atoms with Crippen molar-refractivity contribution in [3.05, 3.63) is 59.0 Å². The lowest BCUT2D eigenvalue weighted by atomic mass is 10.0. The normalized spacial score (nSPS) is 11.1. The Morgan fingerprint density at radius 1 is 1.19 bits per heavy atom. The number of aromatic amines is 1. The minimum Gasteiger partial charge on any atom is -0.507 e. The number of aromatic hydroxyl groups is 1. The molecule has 6 nitrogen and oxygen atoms in total. The number of rotatable bonds is 3. The number of phenols is 1. The van der Waals surface area contributed by atoms with Gasteiger partial charge >= 0.3 is 0 Å². The van der Waals surface area contributed by atoms with Gasteiger partial charge in [0.25, 0.3) is 5.91 Å². The molecule has 2 aromatic heterocycles. The predicted molar refractivity (Wildman–Crippen MR) is 103 cm³/mol. The summed E-state index contributed by atoms with van der Waals surface area (Å²) in [5.41, 5.74) is 3.83. The van der Waals surface area contributed by atoms with E-state index in [1.165, 1.54) is 23.5 Å². The Morgan fingerprint density at radius 3 is 2.78 bits per heavy atom. The third kappa shape index (κ3) is 3.26. The van der Waals surface area contributed by atoms with Crippen LogP contribution in [0, 0.1) is 19.7 Å². The van der Waals surface area contributed by atoms with Crippen LogP contribution in [0.2, 0.25) is 0 Å². The molecule has 3 N–H and O–H groups in total. The number of carbonyl (C=O) groups excluding carboxylic acids is 1. The van der Waals surface area contributed by atoms with Crippen LogP contribution in [-0.2, 0) is 0 Å². The molecule has 8 heteroatoms. The summed E-state index contributed by atoms with van der Waals surface area (Å²) in [5.74, 6) is -0.670. The summed E-state index contributed by atoms with van der Waals surface area (Å²) >= 11 is 1.19. The first-order valence-corrected chi connectivity index (χ1v) is 8.96. The molecule has 0 saturated carbocycles. The smallest absolute Gasteiger partial charge is 0.275 e. The zero-order valence-corrected chi connectivity index (χ0v) is 15.3. The minimum atomic E-state index is -0.420. The number of nitrogens with one attached hydrogen (secondary N) is 2. The number of halogens is 1. The molecule has 0 aliphatic heterocycles. The Kier molecular flexibility index (Phi) is 4.12. The van der Waals surface area contributed by atoms with Gasteiger partial charge in [-0.2, -0.15) is 5.10 Å².